The summed E-state index contributed by atoms with van der Waals surface area (Å²) in [6.07, 6.45) is -4.99. The van der Waals surface area contributed by atoms with Crippen LogP contribution in [0.1, 0.15) is 32.0 Å². The number of alkyl halides is 3. The number of halogens is 3. The predicted molar refractivity (Wildman–Crippen MR) is 73.0 cm³/mol. The first-order chi connectivity index (χ1) is 10.1. The molecule has 1 rings (SSSR count). The van der Waals surface area contributed by atoms with Gasteiger partial charge in [0.1, 0.15) is 23.6 Å². The quantitative estimate of drug-likeness (QED) is 0.799. The Morgan fingerprint density at radius 3 is 2.41 bits per heavy atom. The molecule has 1 unspecified atom stereocenters. The minimum absolute atomic E-state index is 0.0558. The van der Waals surface area contributed by atoms with Crippen molar-refractivity contribution in [3.05, 3.63) is 23.4 Å². The Morgan fingerprint density at radius 1 is 1.36 bits per heavy atom. The van der Waals surface area contributed by atoms with E-state index in [-0.39, 0.29) is 17.5 Å². The van der Waals surface area contributed by atoms with Crippen molar-refractivity contribution in [3.63, 3.8) is 0 Å². The van der Waals surface area contributed by atoms with E-state index in [0.717, 1.165) is 12.1 Å². The van der Waals surface area contributed by atoms with E-state index in [0.29, 0.717) is 0 Å². The minimum atomic E-state index is -4.63. The summed E-state index contributed by atoms with van der Waals surface area (Å²) in [5.41, 5.74) is -1.18. The number of aromatic nitrogens is 1. The zero-order valence-electron chi connectivity index (χ0n) is 12.6. The third-order valence-corrected chi connectivity index (χ3v) is 2.89. The van der Waals surface area contributed by atoms with Gasteiger partial charge in [-0.3, -0.25) is 0 Å². The number of rotatable bonds is 4. The molecule has 8 heteroatoms. The SMILES string of the molecule is CC(C)OC(=O)C(C)N(C)c1nc(C(F)(F)F)ccc1C#N. The van der Waals surface area contributed by atoms with Crippen LogP contribution in [-0.4, -0.2) is 30.1 Å². The molecule has 0 fully saturated rings. The molecule has 0 aliphatic rings. The van der Waals surface area contributed by atoms with E-state index in [1.54, 1.807) is 19.9 Å². The third-order valence-electron chi connectivity index (χ3n) is 2.89. The molecule has 0 amide bonds. The first-order valence-corrected chi connectivity index (χ1v) is 6.49. The summed E-state index contributed by atoms with van der Waals surface area (Å²) in [6.45, 7) is 4.79. The molecule has 0 radical (unpaired) electrons. The van der Waals surface area contributed by atoms with Crippen LogP contribution >= 0.6 is 0 Å². The lowest BCUT2D eigenvalue weighted by Crippen LogP contribution is -2.39. The molecule has 0 spiro atoms. The van der Waals surface area contributed by atoms with Gasteiger partial charge in [0.25, 0.3) is 0 Å². The minimum Gasteiger partial charge on any atom is -0.461 e. The molecule has 1 atom stereocenters. The molecule has 120 valence electrons. The van der Waals surface area contributed by atoms with Crippen molar-refractivity contribution in [2.45, 2.75) is 39.1 Å². The zero-order valence-corrected chi connectivity index (χ0v) is 12.6. The highest BCUT2D eigenvalue weighted by atomic mass is 19.4. The second kappa shape index (κ2) is 6.64. The lowest BCUT2D eigenvalue weighted by molar-refractivity contribution is -0.148. The molecule has 22 heavy (non-hydrogen) atoms. The topological polar surface area (TPSA) is 66.2 Å². The highest BCUT2D eigenvalue weighted by Gasteiger charge is 2.34. The van der Waals surface area contributed by atoms with Crippen LogP contribution in [0.3, 0.4) is 0 Å². The summed E-state index contributed by atoms with van der Waals surface area (Å²) in [6, 6.07) is 2.64. The number of anilines is 1. The maximum absolute atomic E-state index is 12.7. The number of hydrogen-bond acceptors (Lipinski definition) is 5. The molecule has 1 aromatic rings. The number of likely N-dealkylation sites (N-methyl/N-ethyl adjacent to an activating group) is 1. The van der Waals surface area contributed by atoms with Gasteiger partial charge in [-0.05, 0) is 32.9 Å². The van der Waals surface area contributed by atoms with Gasteiger partial charge in [0.15, 0.2) is 0 Å². The van der Waals surface area contributed by atoms with Crippen LogP contribution in [0.2, 0.25) is 0 Å². The lowest BCUT2D eigenvalue weighted by Gasteiger charge is -2.26. The molecule has 0 N–H and O–H groups in total. The van der Waals surface area contributed by atoms with Crippen molar-refractivity contribution in [1.82, 2.24) is 4.98 Å². The van der Waals surface area contributed by atoms with Crippen LogP contribution < -0.4 is 4.90 Å². The van der Waals surface area contributed by atoms with Crippen LogP contribution in [0.15, 0.2) is 12.1 Å². The van der Waals surface area contributed by atoms with E-state index in [1.165, 1.54) is 18.9 Å². The second-order valence-corrected chi connectivity index (χ2v) is 4.95. The first-order valence-electron chi connectivity index (χ1n) is 6.49. The van der Waals surface area contributed by atoms with E-state index in [9.17, 15) is 18.0 Å². The summed E-state index contributed by atoms with van der Waals surface area (Å²) in [7, 11) is 1.38. The van der Waals surface area contributed by atoms with Gasteiger partial charge in [-0.25, -0.2) is 9.78 Å². The van der Waals surface area contributed by atoms with E-state index in [2.05, 4.69) is 4.98 Å². The average molecular weight is 315 g/mol. The van der Waals surface area contributed by atoms with Gasteiger partial charge in [0, 0.05) is 7.05 Å². The summed E-state index contributed by atoms with van der Waals surface area (Å²) in [5, 5.41) is 9.01. The fourth-order valence-corrected chi connectivity index (χ4v) is 1.63. The predicted octanol–water partition coefficient (Wildman–Crippen LogP) is 2.75. The van der Waals surface area contributed by atoms with Gasteiger partial charge < -0.3 is 9.64 Å². The third kappa shape index (κ3) is 4.10. The number of nitriles is 1. The Bertz CT molecular complexity index is 594. The molecular formula is C14H16F3N3O2. The van der Waals surface area contributed by atoms with Gasteiger partial charge >= 0.3 is 12.1 Å². The molecule has 1 heterocycles. The van der Waals surface area contributed by atoms with Crippen LogP contribution in [0.5, 0.6) is 0 Å². The van der Waals surface area contributed by atoms with Crippen molar-refractivity contribution in [2.75, 3.05) is 11.9 Å². The van der Waals surface area contributed by atoms with Crippen LogP contribution in [0.25, 0.3) is 0 Å². The van der Waals surface area contributed by atoms with Crippen molar-refractivity contribution in [1.29, 1.82) is 5.26 Å². The second-order valence-electron chi connectivity index (χ2n) is 4.95. The Morgan fingerprint density at radius 2 is 1.95 bits per heavy atom. The monoisotopic (exact) mass is 315 g/mol. The number of carbonyl (C=O) groups is 1. The molecule has 1 aromatic heterocycles. The molecule has 0 bridgehead atoms. The average Bonchev–Trinajstić information content (AvgIpc) is 2.43. The zero-order chi connectivity index (χ0) is 17.1. The number of carbonyl (C=O) groups excluding carboxylic acids is 1. The number of ether oxygens (including phenoxy) is 1. The molecule has 0 saturated carbocycles. The Hall–Kier alpha value is -2.30. The summed E-state index contributed by atoms with van der Waals surface area (Å²) < 4.78 is 43.2. The molecular weight excluding hydrogens is 299 g/mol. The van der Waals surface area contributed by atoms with Crippen molar-refractivity contribution in [2.24, 2.45) is 0 Å². The first kappa shape index (κ1) is 17.8. The van der Waals surface area contributed by atoms with Crippen LogP contribution in [-0.2, 0) is 15.7 Å². The van der Waals surface area contributed by atoms with E-state index in [4.69, 9.17) is 10.00 Å². The van der Waals surface area contributed by atoms with Gasteiger partial charge in [0.05, 0.1) is 11.7 Å². The smallest absolute Gasteiger partial charge is 0.433 e. The van der Waals surface area contributed by atoms with Crippen LogP contribution in [0, 0.1) is 11.3 Å². The molecule has 0 aromatic carbocycles. The molecule has 0 saturated heterocycles. The Kier molecular flexibility index (Phi) is 5.36. The number of pyridine rings is 1. The Balaban J connectivity index is 3.18. The highest BCUT2D eigenvalue weighted by Crippen LogP contribution is 2.30. The summed E-state index contributed by atoms with van der Waals surface area (Å²) in [5.74, 6) is -0.828. The number of esters is 1. The number of nitrogens with zero attached hydrogens (tertiary/aromatic N) is 3. The molecule has 0 aliphatic carbocycles. The maximum atomic E-state index is 12.7. The van der Waals surface area contributed by atoms with Crippen LogP contribution in [0.4, 0.5) is 19.0 Å². The van der Waals surface area contributed by atoms with Gasteiger partial charge in [-0.2, -0.15) is 18.4 Å². The normalized spacial score (nSPS) is 12.7. The highest BCUT2D eigenvalue weighted by molar-refractivity contribution is 5.79. The van der Waals surface area contributed by atoms with Crippen molar-refractivity contribution >= 4 is 11.8 Å². The standard InChI is InChI=1S/C14H16F3N3O2/c1-8(2)22-13(21)9(3)20(4)12-10(7-18)5-6-11(19-12)14(15,16)17/h5-6,8-9H,1-4H3. The van der Waals surface area contributed by atoms with Gasteiger partial charge in [0.2, 0.25) is 0 Å². The Labute approximate surface area is 126 Å². The fourth-order valence-electron chi connectivity index (χ4n) is 1.63. The molecule has 5 nitrogen and oxygen atoms in total. The number of hydrogen-bond donors (Lipinski definition) is 0. The van der Waals surface area contributed by atoms with E-state index < -0.39 is 23.9 Å². The van der Waals surface area contributed by atoms with Crippen molar-refractivity contribution in [3.8, 4) is 6.07 Å². The maximum Gasteiger partial charge on any atom is 0.433 e. The van der Waals surface area contributed by atoms with Gasteiger partial charge in [-0.15, -0.1) is 0 Å². The van der Waals surface area contributed by atoms with E-state index >= 15 is 0 Å². The summed E-state index contributed by atoms with van der Waals surface area (Å²) in [4.78, 5) is 16.5. The molecule has 0 aliphatic heterocycles. The summed E-state index contributed by atoms with van der Waals surface area (Å²) >= 11 is 0. The lowest BCUT2D eigenvalue weighted by atomic mass is 10.2. The van der Waals surface area contributed by atoms with Crippen molar-refractivity contribution < 1.29 is 22.7 Å². The largest absolute Gasteiger partial charge is 0.461 e. The van der Waals surface area contributed by atoms with E-state index in [1.807, 2.05) is 0 Å². The fraction of sp³-hybridized carbons (Fsp3) is 0.500. The van der Waals surface area contributed by atoms with Gasteiger partial charge in [-0.1, -0.05) is 0 Å².